The molecule has 2 aromatic carbocycles. The van der Waals surface area contributed by atoms with E-state index in [1.54, 1.807) is 30.3 Å². The van der Waals surface area contributed by atoms with Crippen molar-refractivity contribution in [3.05, 3.63) is 65.2 Å². The monoisotopic (exact) mass is 366 g/mol. The Balaban J connectivity index is 1.58. The summed E-state index contributed by atoms with van der Waals surface area (Å²) in [5.74, 6) is -2.44. The number of carbonyl (C=O) groups is 4. The van der Waals surface area contributed by atoms with Crippen LogP contribution in [0.5, 0.6) is 0 Å². The maximum absolute atomic E-state index is 12.3. The lowest BCUT2D eigenvalue weighted by molar-refractivity contribution is -0.153. The molecule has 138 valence electrons. The third-order valence-corrected chi connectivity index (χ3v) is 4.13. The number of rotatable bonds is 5. The fourth-order valence-corrected chi connectivity index (χ4v) is 2.77. The molecule has 1 N–H and O–H groups in total. The number of hydrogen-bond donors (Lipinski definition) is 1. The van der Waals surface area contributed by atoms with Gasteiger partial charge in [-0.2, -0.15) is 0 Å². The first-order valence-corrected chi connectivity index (χ1v) is 8.39. The number of fused-ring (bicyclic) bond motifs is 1. The van der Waals surface area contributed by atoms with Crippen molar-refractivity contribution < 1.29 is 23.9 Å². The number of nitrogens with zero attached hydrogens (tertiary/aromatic N) is 1. The highest BCUT2D eigenvalue weighted by atomic mass is 16.5. The quantitative estimate of drug-likeness (QED) is 0.647. The Morgan fingerprint density at radius 2 is 1.67 bits per heavy atom. The van der Waals surface area contributed by atoms with Crippen LogP contribution in [-0.4, -0.2) is 41.2 Å². The van der Waals surface area contributed by atoms with Gasteiger partial charge in [0.1, 0.15) is 6.54 Å². The summed E-state index contributed by atoms with van der Waals surface area (Å²) in [6, 6.07) is 13.5. The standard InChI is InChI=1S/C20H18N2O5/c1-12-6-5-7-14(10-12)21-18(24)13(2)27-17(23)11-22-19(25)15-8-3-4-9-16(15)20(22)26/h3-10,13H,11H2,1-2H3,(H,21,24)/t13-/m1/s1. The van der Waals surface area contributed by atoms with Gasteiger partial charge in [0.05, 0.1) is 11.1 Å². The highest BCUT2D eigenvalue weighted by molar-refractivity contribution is 6.22. The molecule has 3 amide bonds. The lowest BCUT2D eigenvalue weighted by Gasteiger charge is -2.17. The lowest BCUT2D eigenvalue weighted by Crippen LogP contribution is -2.38. The number of ether oxygens (including phenoxy) is 1. The van der Waals surface area contributed by atoms with Gasteiger partial charge in [0, 0.05) is 5.69 Å². The number of nitrogens with one attached hydrogen (secondary N) is 1. The van der Waals surface area contributed by atoms with Crippen LogP contribution in [0.15, 0.2) is 48.5 Å². The van der Waals surface area contributed by atoms with Gasteiger partial charge in [-0.25, -0.2) is 0 Å². The molecule has 3 rings (SSSR count). The molecule has 0 fully saturated rings. The van der Waals surface area contributed by atoms with Crippen LogP contribution in [0.25, 0.3) is 0 Å². The molecule has 7 nitrogen and oxygen atoms in total. The highest BCUT2D eigenvalue weighted by Gasteiger charge is 2.37. The minimum absolute atomic E-state index is 0.250. The molecule has 1 atom stereocenters. The number of esters is 1. The Morgan fingerprint density at radius 1 is 1.04 bits per heavy atom. The van der Waals surface area contributed by atoms with Crippen molar-refractivity contribution in [3.63, 3.8) is 0 Å². The van der Waals surface area contributed by atoms with Crippen LogP contribution in [0.2, 0.25) is 0 Å². The zero-order valence-electron chi connectivity index (χ0n) is 14.9. The van der Waals surface area contributed by atoms with Gasteiger partial charge in [-0.1, -0.05) is 24.3 Å². The summed E-state index contributed by atoms with van der Waals surface area (Å²) in [4.78, 5) is 49.6. The van der Waals surface area contributed by atoms with Gasteiger partial charge >= 0.3 is 5.97 Å². The van der Waals surface area contributed by atoms with E-state index < -0.39 is 36.3 Å². The Kier molecular flexibility index (Phi) is 5.03. The predicted octanol–water partition coefficient (Wildman–Crippen LogP) is 2.16. The molecule has 0 bridgehead atoms. The van der Waals surface area contributed by atoms with Crippen LogP contribution < -0.4 is 5.32 Å². The van der Waals surface area contributed by atoms with Crippen LogP contribution in [0.3, 0.4) is 0 Å². The molecule has 0 saturated heterocycles. The van der Waals surface area contributed by atoms with Crippen LogP contribution in [0, 0.1) is 6.92 Å². The first-order valence-electron chi connectivity index (χ1n) is 8.39. The number of amides is 3. The third kappa shape index (κ3) is 3.87. The average molecular weight is 366 g/mol. The van der Waals surface area contributed by atoms with Gasteiger partial charge in [0.25, 0.3) is 17.7 Å². The van der Waals surface area contributed by atoms with E-state index in [1.807, 2.05) is 13.0 Å². The Labute approximate surface area is 155 Å². The minimum Gasteiger partial charge on any atom is -0.451 e. The minimum atomic E-state index is -1.08. The number of anilines is 1. The van der Waals surface area contributed by atoms with E-state index in [-0.39, 0.29) is 11.1 Å². The van der Waals surface area contributed by atoms with E-state index in [0.717, 1.165) is 10.5 Å². The first-order chi connectivity index (χ1) is 12.9. The van der Waals surface area contributed by atoms with Crippen LogP contribution in [0.1, 0.15) is 33.2 Å². The Morgan fingerprint density at radius 3 is 2.26 bits per heavy atom. The SMILES string of the molecule is Cc1cccc(NC(=O)[C@@H](C)OC(=O)CN2C(=O)c3ccccc3C2=O)c1. The van der Waals surface area contributed by atoms with Crippen LogP contribution in [-0.2, 0) is 14.3 Å². The molecule has 0 aromatic heterocycles. The van der Waals surface area contributed by atoms with Crippen LogP contribution >= 0.6 is 0 Å². The second-order valence-corrected chi connectivity index (χ2v) is 6.23. The summed E-state index contributed by atoms with van der Waals surface area (Å²) in [6.45, 7) is 2.76. The van der Waals surface area contributed by atoms with Crippen molar-refractivity contribution in [2.75, 3.05) is 11.9 Å². The summed E-state index contributed by atoms with van der Waals surface area (Å²) >= 11 is 0. The van der Waals surface area contributed by atoms with Crippen molar-refractivity contribution in [1.82, 2.24) is 4.90 Å². The van der Waals surface area contributed by atoms with E-state index in [4.69, 9.17) is 4.74 Å². The Hall–Kier alpha value is -3.48. The fourth-order valence-electron chi connectivity index (χ4n) is 2.77. The second kappa shape index (κ2) is 7.41. The smallest absolute Gasteiger partial charge is 0.326 e. The highest BCUT2D eigenvalue weighted by Crippen LogP contribution is 2.22. The summed E-state index contributed by atoms with van der Waals surface area (Å²) in [5.41, 5.74) is 2.06. The molecule has 7 heteroatoms. The molecule has 0 saturated carbocycles. The maximum atomic E-state index is 12.3. The zero-order valence-corrected chi connectivity index (χ0v) is 14.9. The van der Waals surface area contributed by atoms with Gasteiger partial charge in [-0.05, 0) is 43.7 Å². The van der Waals surface area contributed by atoms with Crippen molar-refractivity contribution in [1.29, 1.82) is 0 Å². The molecule has 1 aliphatic heterocycles. The average Bonchev–Trinajstić information content (AvgIpc) is 2.87. The molecule has 0 aliphatic carbocycles. The number of hydrogen-bond acceptors (Lipinski definition) is 5. The van der Waals surface area contributed by atoms with E-state index in [1.165, 1.54) is 19.1 Å². The van der Waals surface area contributed by atoms with Crippen molar-refractivity contribution in [3.8, 4) is 0 Å². The van der Waals surface area contributed by atoms with Gasteiger partial charge in [-0.15, -0.1) is 0 Å². The second-order valence-electron chi connectivity index (χ2n) is 6.23. The summed E-state index contributed by atoms with van der Waals surface area (Å²) < 4.78 is 5.07. The van der Waals surface area contributed by atoms with E-state index in [9.17, 15) is 19.2 Å². The van der Waals surface area contributed by atoms with E-state index in [0.29, 0.717) is 5.69 Å². The van der Waals surface area contributed by atoms with Crippen molar-refractivity contribution in [2.24, 2.45) is 0 Å². The summed E-state index contributed by atoms with van der Waals surface area (Å²) in [5, 5.41) is 2.65. The van der Waals surface area contributed by atoms with Gasteiger partial charge in [-0.3, -0.25) is 24.1 Å². The topological polar surface area (TPSA) is 92.8 Å². The van der Waals surface area contributed by atoms with Gasteiger partial charge < -0.3 is 10.1 Å². The normalized spacial score (nSPS) is 13.9. The molecule has 1 aliphatic rings. The molecule has 0 radical (unpaired) electrons. The molecule has 27 heavy (non-hydrogen) atoms. The number of imide groups is 1. The third-order valence-electron chi connectivity index (χ3n) is 4.13. The molecular weight excluding hydrogens is 348 g/mol. The zero-order chi connectivity index (χ0) is 19.6. The number of benzene rings is 2. The molecule has 0 spiro atoms. The van der Waals surface area contributed by atoms with Crippen LogP contribution in [0.4, 0.5) is 5.69 Å². The fraction of sp³-hybridized carbons (Fsp3) is 0.200. The molecule has 0 unspecified atom stereocenters. The van der Waals surface area contributed by atoms with Gasteiger partial charge in [0.2, 0.25) is 0 Å². The molecule has 1 heterocycles. The maximum Gasteiger partial charge on any atom is 0.326 e. The van der Waals surface area contributed by atoms with Gasteiger partial charge in [0.15, 0.2) is 6.10 Å². The Bertz CT molecular complexity index is 902. The van der Waals surface area contributed by atoms with Crippen molar-refractivity contribution in [2.45, 2.75) is 20.0 Å². The number of carbonyl (C=O) groups excluding carboxylic acids is 4. The summed E-state index contributed by atoms with van der Waals surface area (Å²) in [7, 11) is 0. The lowest BCUT2D eigenvalue weighted by atomic mass is 10.1. The molecular formula is C20H18N2O5. The molecule has 2 aromatic rings. The van der Waals surface area contributed by atoms with E-state index in [2.05, 4.69) is 5.32 Å². The van der Waals surface area contributed by atoms with Crippen molar-refractivity contribution >= 4 is 29.4 Å². The largest absolute Gasteiger partial charge is 0.451 e. The first kappa shape index (κ1) is 18.3. The predicted molar refractivity (Wildman–Crippen MR) is 97.2 cm³/mol. The number of aryl methyl sites for hydroxylation is 1. The summed E-state index contributed by atoms with van der Waals surface area (Å²) in [6.07, 6.45) is -1.08. The van der Waals surface area contributed by atoms with E-state index >= 15 is 0 Å².